The lowest BCUT2D eigenvalue weighted by molar-refractivity contribution is 0.102. The summed E-state index contributed by atoms with van der Waals surface area (Å²) in [5, 5.41) is 9.99. The van der Waals surface area contributed by atoms with Gasteiger partial charge < -0.3 is 4.57 Å². The van der Waals surface area contributed by atoms with Crippen LogP contribution in [-0.2, 0) is 0 Å². The number of carbonyl (C=O) groups excluding carboxylic acids is 1. The van der Waals surface area contributed by atoms with Crippen molar-refractivity contribution in [3.8, 4) is 0 Å². The van der Waals surface area contributed by atoms with Crippen LogP contribution in [0.2, 0.25) is 0 Å². The predicted octanol–water partition coefficient (Wildman–Crippen LogP) is 2.59. The number of benzene rings is 1. The topological polar surface area (TPSA) is 75.6 Å². The van der Waals surface area contributed by atoms with E-state index in [1.807, 2.05) is 30.5 Å². The fourth-order valence-corrected chi connectivity index (χ4v) is 2.20. The lowest BCUT2D eigenvalue weighted by Crippen LogP contribution is -2.12. The van der Waals surface area contributed by atoms with Gasteiger partial charge in [0, 0.05) is 28.7 Å². The van der Waals surface area contributed by atoms with E-state index in [1.165, 1.54) is 6.33 Å². The number of hydrogen-bond donors (Lipinski definition) is 2. The molecular weight excluding hydrogens is 254 g/mol. The summed E-state index contributed by atoms with van der Waals surface area (Å²) in [6.07, 6.45) is 3.38. The molecule has 20 heavy (non-hydrogen) atoms. The second-order valence-electron chi connectivity index (χ2n) is 4.88. The molecule has 2 heterocycles. The van der Waals surface area contributed by atoms with Crippen molar-refractivity contribution >= 4 is 22.8 Å². The number of aromatic nitrogens is 4. The van der Waals surface area contributed by atoms with E-state index in [9.17, 15) is 4.79 Å². The number of rotatable bonds is 3. The summed E-state index contributed by atoms with van der Waals surface area (Å²) in [7, 11) is 0. The number of H-pyrrole nitrogens is 1. The number of fused-ring (bicyclic) bond motifs is 1. The van der Waals surface area contributed by atoms with Gasteiger partial charge in [-0.05, 0) is 38.1 Å². The number of carbonyl (C=O) groups is 1. The van der Waals surface area contributed by atoms with Crippen LogP contribution in [0.25, 0.3) is 10.9 Å². The lowest BCUT2D eigenvalue weighted by atomic mass is 10.1. The van der Waals surface area contributed by atoms with Gasteiger partial charge in [-0.1, -0.05) is 0 Å². The summed E-state index contributed by atoms with van der Waals surface area (Å²) in [6.45, 7) is 4.26. The molecule has 102 valence electrons. The zero-order valence-corrected chi connectivity index (χ0v) is 11.3. The number of nitrogens with zero attached hydrogens (tertiary/aromatic N) is 3. The monoisotopic (exact) mass is 269 g/mol. The van der Waals surface area contributed by atoms with E-state index in [4.69, 9.17) is 0 Å². The first-order chi connectivity index (χ1) is 9.65. The Morgan fingerprint density at radius 1 is 1.35 bits per heavy atom. The van der Waals surface area contributed by atoms with Gasteiger partial charge in [-0.25, -0.2) is 5.10 Å². The third kappa shape index (κ3) is 2.16. The molecule has 0 atom stereocenters. The highest BCUT2D eigenvalue weighted by atomic mass is 16.1. The van der Waals surface area contributed by atoms with Gasteiger partial charge in [0.2, 0.25) is 5.95 Å². The van der Waals surface area contributed by atoms with Crippen molar-refractivity contribution in [3.63, 3.8) is 0 Å². The molecule has 6 nitrogen and oxygen atoms in total. The van der Waals surface area contributed by atoms with E-state index in [0.717, 1.165) is 10.9 Å². The van der Waals surface area contributed by atoms with Crippen molar-refractivity contribution in [2.24, 2.45) is 0 Å². The number of nitrogens with one attached hydrogen (secondary N) is 2. The molecule has 0 spiro atoms. The molecule has 1 amide bonds. The SMILES string of the molecule is CC(C)n1ccc2cc(C(=O)Nc3ncn[nH]3)ccc21. The van der Waals surface area contributed by atoms with E-state index in [2.05, 4.69) is 38.9 Å². The standard InChI is InChI=1S/C14H15N5O/c1-9(2)19-6-5-10-7-11(3-4-12(10)19)13(20)17-14-15-8-16-18-14/h3-9H,1-2H3,(H2,15,16,17,18,20). The molecule has 0 saturated carbocycles. The third-order valence-corrected chi connectivity index (χ3v) is 3.19. The van der Waals surface area contributed by atoms with Gasteiger partial charge in [-0.3, -0.25) is 10.1 Å². The maximum Gasteiger partial charge on any atom is 0.258 e. The van der Waals surface area contributed by atoms with Crippen LogP contribution in [0.1, 0.15) is 30.2 Å². The van der Waals surface area contributed by atoms with Gasteiger partial charge >= 0.3 is 0 Å². The van der Waals surface area contributed by atoms with E-state index >= 15 is 0 Å². The molecule has 0 unspecified atom stereocenters. The van der Waals surface area contributed by atoms with E-state index in [0.29, 0.717) is 17.6 Å². The van der Waals surface area contributed by atoms with Gasteiger partial charge in [0.25, 0.3) is 5.91 Å². The minimum absolute atomic E-state index is 0.207. The molecule has 0 radical (unpaired) electrons. The molecule has 3 rings (SSSR count). The van der Waals surface area contributed by atoms with Gasteiger partial charge in [0.15, 0.2) is 0 Å². The summed E-state index contributed by atoms with van der Waals surface area (Å²) in [5.74, 6) is 0.135. The maximum absolute atomic E-state index is 12.1. The minimum atomic E-state index is -0.207. The number of anilines is 1. The minimum Gasteiger partial charge on any atom is -0.345 e. The molecule has 0 bridgehead atoms. The van der Waals surface area contributed by atoms with Crippen molar-refractivity contribution in [1.29, 1.82) is 0 Å². The molecule has 0 aliphatic carbocycles. The summed E-state index contributed by atoms with van der Waals surface area (Å²) >= 11 is 0. The molecule has 0 aliphatic rings. The quantitative estimate of drug-likeness (QED) is 0.767. The molecule has 0 saturated heterocycles. The number of hydrogen-bond acceptors (Lipinski definition) is 3. The average molecular weight is 269 g/mol. The molecular formula is C14H15N5O. The van der Waals surface area contributed by atoms with E-state index < -0.39 is 0 Å². The van der Waals surface area contributed by atoms with Gasteiger partial charge in [0.05, 0.1) is 0 Å². The lowest BCUT2D eigenvalue weighted by Gasteiger charge is -2.09. The van der Waals surface area contributed by atoms with Crippen molar-refractivity contribution in [3.05, 3.63) is 42.4 Å². The van der Waals surface area contributed by atoms with Crippen LogP contribution in [0.4, 0.5) is 5.95 Å². The van der Waals surface area contributed by atoms with Crippen molar-refractivity contribution < 1.29 is 4.79 Å². The van der Waals surface area contributed by atoms with Crippen molar-refractivity contribution in [2.75, 3.05) is 5.32 Å². The Morgan fingerprint density at radius 2 is 2.20 bits per heavy atom. The average Bonchev–Trinajstić information content (AvgIpc) is 3.06. The zero-order chi connectivity index (χ0) is 14.1. The van der Waals surface area contributed by atoms with Gasteiger partial charge in [-0.15, -0.1) is 0 Å². The van der Waals surface area contributed by atoms with Crippen LogP contribution in [0.15, 0.2) is 36.8 Å². The van der Waals surface area contributed by atoms with Crippen molar-refractivity contribution in [2.45, 2.75) is 19.9 Å². The number of amides is 1. The van der Waals surface area contributed by atoms with Crippen molar-refractivity contribution in [1.82, 2.24) is 19.7 Å². The summed E-state index contributed by atoms with van der Waals surface area (Å²) in [6, 6.07) is 8.05. The van der Waals surface area contributed by atoms with Gasteiger partial charge in [-0.2, -0.15) is 10.1 Å². The number of aromatic amines is 1. The summed E-state index contributed by atoms with van der Waals surface area (Å²) in [5.41, 5.74) is 1.71. The fourth-order valence-electron chi connectivity index (χ4n) is 2.20. The first-order valence-electron chi connectivity index (χ1n) is 6.42. The highest BCUT2D eigenvalue weighted by Crippen LogP contribution is 2.21. The van der Waals surface area contributed by atoms with Crippen LogP contribution in [0.3, 0.4) is 0 Å². The molecule has 0 fully saturated rings. The molecule has 2 N–H and O–H groups in total. The smallest absolute Gasteiger partial charge is 0.258 e. The Balaban J connectivity index is 1.91. The van der Waals surface area contributed by atoms with Crippen LogP contribution < -0.4 is 5.32 Å². The highest BCUT2D eigenvalue weighted by molar-refractivity contribution is 6.05. The normalized spacial score (nSPS) is 11.2. The third-order valence-electron chi connectivity index (χ3n) is 3.19. The van der Waals surface area contributed by atoms with E-state index in [1.54, 1.807) is 0 Å². The van der Waals surface area contributed by atoms with E-state index in [-0.39, 0.29) is 5.91 Å². The highest BCUT2D eigenvalue weighted by Gasteiger charge is 2.10. The molecule has 3 aromatic rings. The Kier molecular flexibility index (Phi) is 2.98. The maximum atomic E-state index is 12.1. The van der Waals surface area contributed by atoms with Crippen LogP contribution in [0.5, 0.6) is 0 Å². The van der Waals surface area contributed by atoms with Crippen LogP contribution >= 0.6 is 0 Å². The summed E-state index contributed by atoms with van der Waals surface area (Å²) in [4.78, 5) is 16.0. The molecule has 2 aromatic heterocycles. The zero-order valence-electron chi connectivity index (χ0n) is 11.3. The van der Waals surface area contributed by atoms with Gasteiger partial charge in [0.1, 0.15) is 6.33 Å². The second kappa shape index (κ2) is 4.80. The fraction of sp³-hybridized carbons (Fsp3) is 0.214. The molecule has 6 heteroatoms. The Labute approximate surface area is 115 Å². The Morgan fingerprint density at radius 3 is 2.90 bits per heavy atom. The Hall–Kier alpha value is -2.63. The Bertz CT molecular complexity index is 742. The molecule has 0 aliphatic heterocycles. The van der Waals surface area contributed by atoms with Crippen LogP contribution in [-0.4, -0.2) is 25.7 Å². The molecule has 1 aromatic carbocycles. The predicted molar refractivity (Wildman–Crippen MR) is 76.7 cm³/mol. The first kappa shape index (κ1) is 12.4. The largest absolute Gasteiger partial charge is 0.345 e. The first-order valence-corrected chi connectivity index (χ1v) is 6.42. The van der Waals surface area contributed by atoms with Crippen LogP contribution in [0, 0.1) is 0 Å². The summed E-state index contributed by atoms with van der Waals surface area (Å²) < 4.78 is 2.17. The second-order valence-corrected chi connectivity index (χ2v) is 4.88.